The van der Waals surface area contributed by atoms with Gasteiger partial charge in [-0.15, -0.1) is 5.92 Å². The van der Waals surface area contributed by atoms with E-state index in [0.717, 1.165) is 6.42 Å². The van der Waals surface area contributed by atoms with E-state index in [0.29, 0.717) is 6.42 Å². The summed E-state index contributed by atoms with van der Waals surface area (Å²) in [5.74, 6) is 5.60. The Bertz CT molecular complexity index is 125. The van der Waals surface area contributed by atoms with Gasteiger partial charge in [-0.3, -0.25) is 0 Å². The zero-order valence-electron chi connectivity index (χ0n) is 6.36. The van der Waals surface area contributed by atoms with Crippen LogP contribution < -0.4 is 0 Å². The smallest absolute Gasteiger partial charge is 0.122 e. The molecule has 0 aromatic rings. The van der Waals surface area contributed by atoms with Crippen molar-refractivity contribution in [2.75, 3.05) is 0 Å². The van der Waals surface area contributed by atoms with Gasteiger partial charge in [0.05, 0.1) is 0 Å². The monoisotopic (exact) mass is 126 g/mol. The van der Waals surface area contributed by atoms with Crippen molar-refractivity contribution in [2.24, 2.45) is 0 Å². The Morgan fingerprint density at radius 3 is 2.33 bits per heavy atom. The van der Waals surface area contributed by atoms with Gasteiger partial charge in [0, 0.05) is 6.42 Å². The zero-order valence-corrected chi connectivity index (χ0v) is 6.36. The third-order valence-corrected chi connectivity index (χ3v) is 1.22. The van der Waals surface area contributed by atoms with Crippen LogP contribution in [0.1, 0.15) is 33.6 Å². The summed E-state index contributed by atoms with van der Waals surface area (Å²) >= 11 is 0. The standard InChI is InChI=1S/C8H14O/c1-4-6-7-8(3,9)5-2/h9H,4-5H2,1-3H3/t8-/m1/s1. The molecule has 52 valence electrons. The Balaban J connectivity index is 3.84. The molecule has 0 aromatic carbocycles. The van der Waals surface area contributed by atoms with Gasteiger partial charge >= 0.3 is 0 Å². The number of rotatable bonds is 1. The molecule has 0 aliphatic rings. The third kappa shape index (κ3) is 4.05. The first kappa shape index (κ1) is 8.52. The Morgan fingerprint density at radius 2 is 2.00 bits per heavy atom. The maximum atomic E-state index is 9.28. The van der Waals surface area contributed by atoms with Gasteiger partial charge in [-0.25, -0.2) is 0 Å². The van der Waals surface area contributed by atoms with Crippen LogP contribution in [-0.4, -0.2) is 10.7 Å². The summed E-state index contributed by atoms with van der Waals surface area (Å²) in [5, 5.41) is 9.28. The zero-order chi connectivity index (χ0) is 7.33. The number of aliphatic hydroxyl groups is 1. The first-order valence-corrected chi connectivity index (χ1v) is 3.34. The molecule has 1 heteroatoms. The summed E-state index contributed by atoms with van der Waals surface area (Å²) in [6, 6.07) is 0. The van der Waals surface area contributed by atoms with Crippen molar-refractivity contribution >= 4 is 0 Å². The van der Waals surface area contributed by atoms with E-state index >= 15 is 0 Å². The normalized spacial score (nSPS) is 15.6. The summed E-state index contributed by atoms with van der Waals surface area (Å²) < 4.78 is 0. The summed E-state index contributed by atoms with van der Waals surface area (Å²) in [6.45, 7) is 5.62. The first-order chi connectivity index (χ1) is 4.12. The van der Waals surface area contributed by atoms with Crippen LogP contribution in [0.5, 0.6) is 0 Å². The molecule has 0 fully saturated rings. The van der Waals surface area contributed by atoms with Gasteiger partial charge < -0.3 is 5.11 Å². The van der Waals surface area contributed by atoms with E-state index in [9.17, 15) is 5.11 Å². The minimum absolute atomic E-state index is 0.694. The van der Waals surface area contributed by atoms with Gasteiger partial charge in [-0.2, -0.15) is 0 Å². The maximum Gasteiger partial charge on any atom is 0.122 e. The van der Waals surface area contributed by atoms with Crippen LogP contribution in [0.2, 0.25) is 0 Å². The van der Waals surface area contributed by atoms with Crippen molar-refractivity contribution in [3.05, 3.63) is 0 Å². The lowest BCUT2D eigenvalue weighted by Crippen LogP contribution is -2.19. The van der Waals surface area contributed by atoms with Crippen LogP contribution in [0.15, 0.2) is 0 Å². The van der Waals surface area contributed by atoms with Crippen molar-refractivity contribution < 1.29 is 5.11 Å². The molecular formula is C8H14O. The number of hydrogen-bond donors (Lipinski definition) is 1. The highest BCUT2D eigenvalue weighted by Gasteiger charge is 2.11. The average molecular weight is 126 g/mol. The predicted molar refractivity (Wildman–Crippen MR) is 39.0 cm³/mol. The maximum absolute atomic E-state index is 9.28. The highest BCUT2D eigenvalue weighted by molar-refractivity contribution is 5.10. The van der Waals surface area contributed by atoms with Crippen LogP contribution in [0.25, 0.3) is 0 Å². The Morgan fingerprint density at radius 1 is 1.44 bits per heavy atom. The summed E-state index contributed by atoms with van der Waals surface area (Å²) in [7, 11) is 0. The molecule has 1 atom stereocenters. The Labute approximate surface area is 57.1 Å². The van der Waals surface area contributed by atoms with E-state index in [1.54, 1.807) is 6.92 Å². The molecule has 0 heterocycles. The third-order valence-electron chi connectivity index (χ3n) is 1.22. The number of hydrogen-bond acceptors (Lipinski definition) is 1. The van der Waals surface area contributed by atoms with Crippen molar-refractivity contribution in [1.29, 1.82) is 0 Å². The second-order valence-electron chi connectivity index (χ2n) is 2.28. The van der Waals surface area contributed by atoms with E-state index in [2.05, 4.69) is 11.8 Å². The largest absolute Gasteiger partial charge is 0.378 e. The highest BCUT2D eigenvalue weighted by Crippen LogP contribution is 2.04. The molecule has 0 aliphatic carbocycles. The van der Waals surface area contributed by atoms with Gasteiger partial charge in [0.1, 0.15) is 5.60 Å². The molecule has 9 heavy (non-hydrogen) atoms. The van der Waals surface area contributed by atoms with Crippen LogP contribution >= 0.6 is 0 Å². The molecule has 0 aliphatic heterocycles. The summed E-state index contributed by atoms with van der Waals surface area (Å²) in [5.41, 5.74) is -0.768. The van der Waals surface area contributed by atoms with Crippen LogP contribution in [0.3, 0.4) is 0 Å². The van der Waals surface area contributed by atoms with Crippen LogP contribution in [-0.2, 0) is 0 Å². The summed E-state index contributed by atoms with van der Waals surface area (Å²) in [6.07, 6.45) is 1.51. The van der Waals surface area contributed by atoms with Crippen LogP contribution in [0.4, 0.5) is 0 Å². The quantitative estimate of drug-likeness (QED) is 0.529. The Hall–Kier alpha value is -0.480. The van der Waals surface area contributed by atoms with Crippen molar-refractivity contribution in [2.45, 2.75) is 39.2 Å². The van der Waals surface area contributed by atoms with E-state index in [4.69, 9.17) is 0 Å². The molecule has 1 nitrogen and oxygen atoms in total. The van der Waals surface area contributed by atoms with Crippen LogP contribution in [0, 0.1) is 11.8 Å². The molecule has 0 amide bonds. The molecule has 0 radical (unpaired) electrons. The predicted octanol–water partition coefficient (Wildman–Crippen LogP) is 1.56. The van der Waals surface area contributed by atoms with Gasteiger partial charge in [-0.05, 0) is 13.3 Å². The second-order valence-corrected chi connectivity index (χ2v) is 2.28. The second kappa shape index (κ2) is 3.53. The minimum atomic E-state index is -0.768. The van der Waals surface area contributed by atoms with E-state index < -0.39 is 5.60 Å². The molecule has 0 bridgehead atoms. The van der Waals surface area contributed by atoms with Crippen molar-refractivity contribution in [3.8, 4) is 11.8 Å². The lowest BCUT2D eigenvalue weighted by molar-refractivity contribution is 0.118. The van der Waals surface area contributed by atoms with E-state index in [-0.39, 0.29) is 0 Å². The molecule has 0 saturated carbocycles. The summed E-state index contributed by atoms with van der Waals surface area (Å²) in [4.78, 5) is 0. The van der Waals surface area contributed by atoms with E-state index in [1.165, 1.54) is 0 Å². The highest BCUT2D eigenvalue weighted by atomic mass is 16.3. The van der Waals surface area contributed by atoms with Gasteiger partial charge in [0.25, 0.3) is 0 Å². The van der Waals surface area contributed by atoms with Gasteiger partial charge in [-0.1, -0.05) is 19.8 Å². The molecule has 1 N–H and O–H groups in total. The molecule has 0 saturated heterocycles. The average Bonchev–Trinajstić information content (AvgIpc) is 1.84. The Kier molecular flexibility index (Phi) is 3.34. The SMILES string of the molecule is CCC#C[C@](C)(O)CC. The molecular weight excluding hydrogens is 112 g/mol. The minimum Gasteiger partial charge on any atom is -0.378 e. The molecule has 0 rings (SSSR count). The van der Waals surface area contributed by atoms with Crippen molar-refractivity contribution in [1.82, 2.24) is 0 Å². The fourth-order valence-corrected chi connectivity index (χ4v) is 0.367. The van der Waals surface area contributed by atoms with E-state index in [1.807, 2.05) is 13.8 Å². The van der Waals surface area contributed by atoms with Crippen molar-refractivity contribution in [3.63, 3.8) is 0 Å². The fourth-order valence-electron chi connectivity index (χ4n) is 0.367. The molecule has 0 unspecified atom stereocenters. The molecule has 0 spiro atoms. The lowest BCUT2D eigenvalue weighted by Gasteiger charge is -2.11. The van der Waals surface area contributed by atoms with Gasteiger partial charge in [0.2, 0.25) is 0 Å². The molecule has 0 aromatic heterocycles. The fraction of sp³-hybridized carbons (Fsp3) is 0.750. The topological polar surface area (TPSA) is 20.2 Å². The van der Waals surface area contributed by atoms with Gasteiger partial charge in [0.15, 0.2) is 0 Å². The first-order valence-electron chi connectivity index (χ1n) is 3.34. The lowest BCUT2D eigenvalue weighted by atomic mass is 10.1.